The van der Waals surface area contributed by atoms with Crippen LogP contribution in [0.2, 0.25) is 0 Å². The maximum Gasteiger partial charge on any atom is 0.292 e. The Morgan fingerprint density at radius 1 is 1.30 bits per heavy atom. The van der Waals surface area contributed by atoms with Crippen LogP contribution in [0, 0.1) is 16.0 Å². The van der Waals surface area contributed by atoms with Gasteiger partial charge in [0, 0.05) is 18.7 Å². The Hall–Kier alpha value is -1.62. The van der Waals surface area contributed by atoms with Crippen molar-refractivity contribution in [3.63, 3.8) is 0 Å². The van der Waals surface area contributed by atoms with E-state index in [9.17, 15) is 10.1 Å². The maximum absolute atomic E-state index is 11.0. The van der Waals surface area contributed by atoms with Gasteiger partial charge in [0.1, 0.15) is 5.69 Å². The van der Waals surface area contributed by atoms with Crippen LogP contribution in [0.1, 0.15) is 37.7 Å². The van der Waals surface area contributed by atoms with Gasteiger partial charge in [-0.2, -0.15) is 0 Å². The van der Waals surface area contributed by atoms with E-state index in [0.29, 0.717) is 6.04 Å². The van der Waals surface area contributed by atoms with Crippen molar-refractivity contribution in [2.75, 3.05) is 12.3 Å². The van der Waals surface area contributed by atoms with Gasteiger partial charge in [-0.05, 0) is 43.4 Å². The van der Waals surface area contributed by atoms with E-state index in [2.05, 4.69) is 4.90 Å². The van der Waals surface area contributed by atoms with Crippen molar-refractivity contribution in [1.82, 2.24) is 4.90 Å². The lowest BCUT2D eigenvalue weighted by Crippen LogP contribution is -2.34. The average molecular weight is 275 g/mol. The fraction of sp³-hybridized carbons (Fsp3) is 0.600. The summed E-state index contributed by atoms with van der Waals surface area (Å²) in [6.07, 6.45) is 6.59. The molecule has 3 rings (SSSR count). The molecule has 2 fully saturated rings. The summed E-state index contributed by atoms with van der Waals surface area (Å²) < 4.78 is 0. The van der Waals surface area contributed by atoms with Gasteiger partial charge in [-0.1, -0.05) is 18.9 Å². The number of nitrogens with two attached hydrogens (primary N) is 1. The quantitative estimate of drug-likeness (QED) is 0.523. The van der Waals surface area contributed by atoms with Crippen molar-refractivity contribution in [3.05, 3.63) is 33.9 Å². The van der Waals surface area contributed by atoms with Gasteiger partial charge >= 0.3 is 0 Å². The van der Waals surface area contributed by atoms with E-state index >= 15 is 0 Å². The maximum atomic E-state index is 11.0. The number of nitro benzene ring substituents is 1. The summed E-state index contributed by atoms with van der Waals surface area (Å²) >= 11 is 0. The molecule has 2 N–H and O–H groups in total. The highest BCUT2D eigenvalue weighted by molar-refractivity contribution is 5.59. The molecule has 1 aliphatic carbocycles. The van der Waals surface area contributed by atoms with Crippen LogP contribution < -0.4 is 5.73 Å². The van der Waals surface area contributed by atoms with Crippen LogP contribution in [0.15, 0.2) is 18.2 Å². The van der Waals surface area contributed by atoms with Crippen molar-refractivity contribution in [3.8, 4) is 0 Å². The van der Waals surface area contributed by atoms with Gasteiger partial charge in [-0.3, -0.25) is 15.0 Å². The summed E-state index contributed by atoms with van der Waals surface area (Å²) in [4.78, 5) is 13.1. The molecule has 0 aromatic heterocycles. The molecule has 108 valence electrons. The first-order valence-electron chi connectivity index (χ1n) is 7.42. The molecule has 2 atom stereocenters. The monoisotopic (exact) mass is 275 g/mol. The van der Waals surface area contributed by atoms with Crippen LogP contribution >= 0.6 is 0 Å². The van der Waals surface area contributed by atoms with E-state index in [1.165, 1.54) is 32.1 Å². The Morgan fingerprint density at radius 3 is 2.90 bits per heavy atom. The lowest BCUT2D eigenvalue weighted by Gasteiger charge is -2.31. The smallest absolute Gasteiger partial charge is 0.292 e. The minimum Gasteiger partial charge on any atom is -0.393 e. The number of fused-ring (bicyclic) bond motifs is 1. The van der Waals surface area contributed by atoms with E-state index in [-0.39, 0.29) is 11.4 Å². The highest BCUT2D eigenvalue weighted by atomic mass is 16.6. The number of hydrogen-bond acceptors (Lipinski definition) is 4. The first kappa shape index (κ1) is 13.4. The van der Waals surface area contributed by atoms with E-state index in [0.717, 1.165) is 24.6 Å². The highest BCUT2D eigenvalue weighted by Gasteiger charge is 2.35. The average Bonchev–Trinajstić information content (AvgIpc) is 2.84. The summed E-state index contributed by atoms with van der Waals surface area (Å²) in [7, 11) is 0. The molecule has 0 amide bonds. The first-order valence-corrected chi connectivity index (χ1v) is 7.42. The molecular formula is C15H21N3O2. The Balaban J connectivity index is 1.74. The Labute approximate surface area is 118 Å². The van der Waals surface area contributed by atoms with E-state index in [1.54, 1.807) is 12.1 Å². The van der Waals surface area contributed by atoms with Gasteiger partial charge in [0.15, 0.2) is 0 Å². The van der Waals surface area contributed by atoms with Crippen LogP contribution in [0.3, 0.4) is 0 Å². The number of nitrogen functional groups attached to an aromatic ring is 1. The first-order chi connectivity index (χ1) is 9.65. The Bertz CT molecular complexity index is 518. The molecular weight excluding hydrogens is 254 g/mol. The molecule has 0 spiro atoms. The van der Waals surface area contributed by atoms with Gasteiger partial charge in [0.25, 0.3) is 5.69 Å². The molecule has 2 unspecified atom stereocenters. The molecule has 1 heterocycles. The predicted molar refractivity (Wildman–Crippen MR) is 78.3 cm³/mol. The van der Waals surface area contributed by atoms with Crippen LogP contribution in [-0.2, 0) is 6.54 Å². The zero-order valence-corrected chi connectivity index (χ0v) is 11.6. The number of likely N-dealkylation sites (tertiary alicyclic amines) is 1. The number of hydrogen-bond donors (Lipinski definition) is 1. The summed E-state index contributed by atoms with van der Waals surface area (Å²) in [5.41, 5.74) is 6.92. The molecule has 1 aliphatic heterocycles. The SMILES string of the molecule is Nc1ccc(CN2CCC3CCCCC32)cc1[N+](=O)[O-]. The Kier molecular flexibility index (Phi) is 3.61. The predicted octanol–water partition coefficient (Wildman–Crippen LogP) is 2.94. The molecule has 0 radical (unpaired) electrons. The fourth-order valence-electron chi connectivity index (χ4n) is 3.78. The van der Waals surface area contributed by atoms with Crippen LogP contribution in [0.5, 0.6) is 0 Å². The topological polar surface area (TPSA) is 72.4 Å². The van der Waals surface area contributed by atoms with Crippen molar-refractivity contribution >= 4 is 11.4 Å². The molecule has 5 heteroatoms. The van der Waals surface area contributed by atoms with Gasteiger partial charge < -0.3 is 5.73 Å². The third-order valence-corrected chi connectivity index (χ3v) is 4.80. The molecule has 20 heavy (non-hydrogen) atoms. The van der Waals surface area contributed by atoms with Gasteiger partial charge in [0.05, 0.1) is 4.92 Å². The third kappa shape index (κ3) is 2.50. The lowest BCUT2D eigenvalue weighted by atomic mass is 9.85. The molecule has 1 saturated carbocycles. The normalized spacial score (nSPS) is 26.4. The van der Waals surface area contributed by atoms with Crippen molar-refractivity contribution in [2.45, 2.75) is 44.7 Å². The second-order valence-corrected chi connectivity index (χ2v) is 6.02. The highest BCUT2D eigenvalue weighted by Crippen LogP contribution is 2.37. The molecule has 1 aromatic carbocycles. The standard InChI is InChI=1S/C15H21N3O2/c16-13-6-5-11(9-15(13)18(19)20)10-17-8-7-12-3-1-2-4-14(12)17/h5-6,9,12,14H,1-4,7-8,10,16H2. The van der Waals surface area contributed by atoms with E-state index < -0.39 is 4.92 Å². The number of rotatable bonds is 3. The molecule has 0 bridgehead atoms. The van der Waals surface area contributed by atoms with Crippen molar-refractivity contribution in [1.29, 1.82) is 0 Å². The Morgan fingerprint density at radius 2 is 2.10 bits per heavy atom. The second-order valence-electron chi connectivity index (χ2n) is 6.02. The molecule has 1 aromatic rings. The zero-order chi connectivity index (χ0) is 14.1. The van der Waals surface area contributed by atoms with Gasteiger partial charge in [-0.15, -0.1) is 0 Å². The van der Waals surface area contributed by atoms with Crippen LogP contribution in [0.4, 0.5) is 11.4 Å². The lowest BCUT2D eigenvalue weighted by molar-refractivity contribution is -0.384. The van der Waals surface area contributed by atoms with Crippen LogP contribution in [0.25, 0.3) is 0 Å². The number of anilines is 1. The number of benzene rings is 1. The summed E-state index contributed by atoms with van der Waals surface area (Å²) in [6.45, 7) is 1.93. The summed E-state index contributed by atoms with van der Waals surface area (Å²) in [5, 5.41) is 11.0. The summed E-state index contributed by atoms with van der Waals surface area (Å²) in [5.74, 6) is 0.840. The van der Waals surface area contributed by atoms with Crippen molar-refractivity contribution in [2.24, 2.45) is 5.92 Å². The van der Waals surface area contributed by atoms with E-state index in [4.69, 9.17) is 5.73 Å². The zero-order valence-electron chi connectivity index (χ0n) is 11.6. The minimum absolute atomic E-state index is 0.0295. The van der Waals surface area contributed by atoms with Crippen molar-refractivity contribution < 1.29 is 4.92 Å². The largest absolute Gasteiger partial charge is 0.393 e. The minimum atomic E-state index is -0.397. The van der Waals surface area contributed by atoms with Gasteiger partial charge in [0.2, 0.25) is 0 Å². The van der Waals surface area contributed by atoms with E-state index in [1.807, 2.05) is 6.07 Å². The number of nitrogens with zero attached hydrogens (tertiary/aromatic N) is 2. The van der Waals surface area contributed by atoms with Crippen LogP contribution in [-0.4, -0.2) is 22.4 Å². The fourth-order valence-corrected chi connectivity index (χ4v) is 3.78. The molecule has 5 nitrogen and oxygen atoms in total. The number of nitro groups is 1. The van der Waals surface area contributed by atoms with Gasteiger partial charge in [-0.25, -0.2) is 0 Å². The third-order valence-electron chi connectivity index (χ3n) is 4.80. The second kappa shape index (κ2) is 5.40. The molecule has 1 saturated heterocycles. The summed E-state index contributed by atoms with van der Waals surface area (Å²) in [6, 6.07) is 5.88. The molecule has 2 aliphatic rings.